The molecule has 2 N–H and O–H groups in total. The number of hydrogen-bond acceptors (Lipinski definition) is 12. The van der Waals surface area contributed by atoms with Crippen molar-refractivity contribution in [2.24, 2.45) is 5.73 Å². The van der Waals surface area contributed by atoms with E-state index in [4.69, 9.17) is 38.9 Å². The molecule has 0 amide bonds. The van der Waals surface area contributed by atoms with Gasteiger partial charge in [-0.15, -0.1) is 0 Å². The third-order valence-corrected chi connectivity index (χ3v) is 5.60. The summed E-state index contributed by atoms with van der Waals surface area (Å²) in [5, 5.41) is 0. The van der Waals surface area contributed by atoms with Crippen molar-refractivity contribution in [2.75, 3.05) is 19.8 Å². The number of carbonyl (C=O) groups is 4. The van der Waals surface area contributed by atoms with Gasteiger partial charge in [0.1, 0.15) is 18.2 Å². The maximum atomic E-state index is 12.6. The molecule has 0 aliphatic heterocycles. The van der Waals surface area contributed by atoms with Gasteiger partial charge in [0.25, 0.3) is 0 Å². The number of carbonyl (C=O) groups excluding carboxylic acids is 4. The Hall–Kier alpha value is -3.54. The molecule has 0 saturated heterocycles. The van der Waals surface area contributed by atoms with Gasteiger partial charge < -0.3 is 38.9 Å². The number of unbranched alkanes of at least 4 members (excludes halogenated alkanes) is 4. The van der Waals surface area contributed by atoms with Crippen LogP contribution in [0.1, 0.15) is 78.7 Å². The van der Waals surface area contributed by atoms with Crippen molar-refractivity contribution in [3.63, 3.8) is 0 Å². The maximum Gasteiger partial charge on any atom is 0.513 e. The molecule has 0 aromatic heterocycles. The zero-order valence-corrected chi connectivity index (χ0v) is 24.1. The first-order valence-corrected chi connectivity index (χ1v) is 13.7. The summed E-state index contributed by atoms with van der Waals surface area (Å²) < 4.78 is 35.8. The van der Waals surface area contributed by atoms with E-state index in [1.807, 2.05) is 13.8 Å². The summed E-state index contributed by atoms with van der Waals surface area (Å²) in [4.78, 5) is 48.4. The molecule has 0 aliphatic rings. The molecule has 226 valence electrons. The van der Waals surface area contributed by atoms with E-state index in [1.165, 1.54) is 12.1 Å². The van der Waals surface area contributed by atoms with Crippen LogP contribution in [0, 0.1) is 0 Å². The van der Waals surface area contributed by atoms with Gasteiger partial charge in [-0.2, -0.15) is 0 Å². The van der Waals surface area contributed by atoms with Crippen LogP contribution in [0.25, 0.3) is 0 Å². The Kier molecular flexibility index (Phi) is 16.8. The number of nitrogens with two attached hydrogens (primary N) is 1. The Morgan fingerprint density at radius 3 is 1.82 bits per heavy atom. The molecule has 40 heavy (non-hydrogen) atoms. The summed E-state index contributed by atoms with van der Waals surface area (Å²) in [7, 11) is 0. The highest BCUT2D eigenvalue weighted by Crippen LogP contribution is 2.30. The minimum Gasteiger partial charge on any atom is -0.458 e. The Bertz CT molecular complexity index is 937. The normalized spacial score (nSPS) is 12.8. The van der Waals surface area contributed by atoms with Gasteiger partial charge in [0.05, 0.1) is 19.8 Å². The van der Waals surface area contributed by atoms with Crippen LogP contribution >= 0.6 is 0 Å². The molecule has 3 atom stereocenters. The van der Waals surface area contributed by atoms with Crippen LogP contribution in [0.3, 0.4) is 0 Å². The Morgan fingerprint density at radius 2 is 1.27 bits per heavy atom. The average Bonchev–Trinajstić information content (AvgIpc) is 2.90. The van der Waals surface area contributed by atoms with Gasteiger partial charge in [-0.3, -0.25) is 4.79 Å². The summed E-state index contributed by atoms with van der Waals surface area (Å²) >= 11 is 0. The van der Waals surface area contributed by atoms with E-state index in [1.54, 1.807) is 26.8 Å². The third kappa shape index (κ3) is 14.0. The highest BCUT2D eigenvalue weighted by molar-refractivity contribution is 5.76. The number of rotatable bonds is 17. The van der Waals surface area contributed by atoms with Crippen molar-refractivity contribution >= 4 is 24.4 Å². The van der Waals surface area contributed by atoms with Gasteiger partial charge in [-0.1, -0.05) is 45.6 Å². The van der Waals surface area contributed by atoms with Crippen molar-refractivity contribution in [1.29, 1.82) is 0 Å². The van der Waals surface area contributed by atoms with Crippen LogP contribution < -0.4 is 15.2 Å². The molecule has 1 aromatic carbocycles. The van der Waals surface area contributed by atoms with Crippen LogP contribution in [-0.4, -0.2) is 62.5 Å². The Balaban J connectivity index is 2.89. The molecule has 0 aliphatic carbocycles. The first-order chi connectivity index (χ1) is 19.1. The molecule has 1 unspecified atom stereocenters. The number of hydrogen-bond donors (Lipinski definition) is 1. The van der Waals surface area contributed by atoms with Crippen molar-refractivity contribution in [1.82, 2.24) is 0 Å². The first kappa shape index (κ1) is 34.5. The van der Waals surface area contributed by atoms with E-state index in [2.05, 4.69) is 0 Å². The number of benzene rings is 1. The fourth-order valence-corrected chi connectivity index (χ4v) is 3.20. The lowest BCUT2D eigenvalue weighted by atomic mass is 10.1. The SMILES string of the molecule is CCCCCOC(=O)Oc1ccc(C[C@H](N)C(=O)O[C@@H](C)C(C)OC(=O)OCC)cc1OC(=O)OCCCCC. The summed E-state index contributed by atoms with van der Waals surface area (Å²) in [6, 6.07) is 3.28. The number of esters is 1. The molecular weight excluding hydrogens is 526 g/mol. The highest BCUT2D eigenvalue weighted by atomic mass is 16.7. The van der Waals surface area contributed by atoms with E-state index in [0.717, 1.165) is 25.7 Å². The van der Waals surface area contributed by atoms with Crippen LogP contribution in [0.5, 0.6) is 11.5 Å². The quantitative estimate of drug-likeness (QED) is 0.109. The molecule has 12 nitrogen and oxygen atoms in total. The van der Waals surface area contributed by atoms with E-state index in [0.29, 0.717) is 18.4 Å². The summed E-state index contributed by atoms with van der Waals surface area (Å²) in [5.41, 5.74) is 6.54. The second-order valence-corrected chi connectivity index (χ2v) is 9.05. The van der Waals surface area contributed by atoms with Crippen LogP contribution in [-0.2, 0) is 34.9 Å². The number of ether oxygens (including phenoxy) is 7. The topological polar surface area (TPSA) is 159 Å². The highest BCUT2D eigenvalue weighted by Gasteiger charge is 2.25. The molecular formula is C28H43NO11. The monoisotopic (exact) mass is 569 g/mol. The molecule has 0 heterocycles. The summed E-state index contributed by atoms with van der Waals surface area (Å²) in [5.74, 6) is -0.904. The van der Waals surface area contributed by atoms with E-state index in [9.17, 15) is 19.2 Å². The van der Waals surface area contributed by atoms with Gasteiger partial charge >= 0.3 is 24.4 Å². The Labute approximate surface area is 235 Å². The minimum atomic E-state index is -1.10. The molecule has 0 saturated carbocycles. The molecule has 0 spiro atoms. The lowest BCUT2D eigenvalue weighted by molar-refractivity contribution is -0.155. The predicted molar refractivity (Wildman–Crippen MR) is 144 cm³/mol. The zero-order valence-electron chi connectivity index (χ0n) is 24.1. The van der Waals surface area contributed by atoms with Crippen LogP contribution in [0.2, 0.25) is 0 Å². The minimum absolute atomic E-state index is 0.00230. The van der Waals surface area contributed by atoms with Gasteiger partial charge in [-0.25, -0.2) is 14.4 Å². The molecule has 12 heteroatoms. The van der Waals surface area contributed by atoms with Crippen LogP contribution in [0.15, 0.2) is 18.2 Å². The van der Waals surface area contributed by atoms with E-state index in [-0.39, 0.29) is 37.7 Å². The second kappa shape index (κ2) is 19.5. The zero-order chi connectivity index (χ0) is 29.9. The fraction of sp³-hybridized carbons (Fsp3) is 0.643. The van der Waals surface area contributed by atoms with Crippen molar-refractivity contribution in [3.05, 3.63) is 23.8 Å². The predicted octanol–water partition coefficient (Wildman–Crippen LogP) is 5.46. The van der Waals surface area contributed by atoms with E-state index < -0.39 is 42.7 Å². The van der Waals surface area contributed by atoms with Crippen molar-refractivity contribution in [2.45, 2.75) is 97.8 Å². The van der Waals surface area contributed by atoms with Gasteiger partial charge in [-0.05, 0) is 57.7 Å². The molecule has 1 aromatic rings. The maximum absolute atomic E-state index is 12.6. The lowest BCUT2D eigenvalue weighted by Gasteiger charge is -2.22. The summed E-state index contributed by atoms with van der Waals surface area (Å²) in [6.45, 7) is 9.32. The van der Waals surface area contributed by atoms with Crippen molar-refractivity contribution in [3.8, 4) is 11.5 Å². The van der Waals surface area contributed by atoms with Gasteiger partial charge in [0, 0.05) is 0 Å². The molecule has 0 fully saturated rings. The first-order valence-electron chi connectivity index (χ1n) is 13.7. The summed E-state index contributed by atoms with van der Waals surface area (Å²) in [6.07, 6.45) is 0.746. The fourth-order valence-electron chi connectivity index (χ4n) is 3.20. The standard InChI is InChI=1S/C28H43NO11/c1-6-9-11-15-35-27(32)39-23-14-13-21(18-24(23)40-28(33)36-16-12-10-7-2)17-22(29)25(30)37-19(4)20(5)38-26(31)34-8-3/h13-14,18-20,22H,6-12,15-17,29H2,1-5H3/t19-,20?,22-/m0/s1. The second-order valence-electron chi connectivity index (χ2n) is 9.05. The molecule has 1 rings (SSSR count). The lowest BCUT2D eigenvalue weighted by Crippen LogP contribution is -2.39. The van der Waals surface area contributed by atoms with Crippen molar-refractivity contribution < 1.29 is 52.3 Å². The van der Waals surface area contributed by atoms with Gasteiger partial charge in [0.15, 0.2) is 11.5 Å². The molecule has 0 bridgehead atoms. The smallest absolute Gasteiger partial charge is 0.458 e. The van der Waals surface area contributed by atoms with E-state index >= 15 is 0 Å². The van der Waals surface area contributed by atoms with Gasteiger partial charge in [0.2, 0.25) is 0 Å². The largest absolute Gasteiger partial charge is 0.513 e. The average molecular weight is 570 g/mol. The molecule has 0 radical (unpaired) electrons. The Morgan fingerprint density at radius 1 is 0.725 bits per heavy atom. The van der Waals surface area contributed by atoms with Crippen LogP contribution in [0.4, 0.5) is 14.4 Å². The third-order valence-electron chi connectivity index (χ3n) is 5.60.